The van der Waals surface area contributed by atoms with Gasteiger partial charge < -0.3 is 25.4 Å². The van der Waals surface area contributed by atoms with Gasteiger partial charge >= 0.3 is 0 Å². The zero-order valence-corrected chi connectivity index (χ0v) is 19.9. The van der Waals surface area contributed by atoms with E-state index in [1.807, 2.05) is 0 Å². The molecule has 0 saturated carbocycles. The molecule has 1 aliphatic heterocycles. The highest BCUT2D eigenvalue weighted by Crippen LogP contribution is 2.33. The fourth-order valence-electron chi connectivity index (χ4n) is 4.07. The predicted octanol–water partition coefficient (Wildman–Crippen LogP) is 2.58. The van der Waals surface area contributed by atoms with Crippen molar-refractivity contribution in [1.82, 2.24) is 20.3 Å². The minimum Gasteiger partial charge on any atom is -0.360 e. The third kappa shape index (κ3) is 4.79. The van der Waals surface area contributed by atoms with Gasteiger partial charge in [-0.1, -0.05) is 35.0 Å². The normalized spacial score (nSPS) is 15.3. The molecule has 1 saturated heterocycles. The minimum absolute atomic E-state index is 0.0321. The summed E-state index contributed by atoms with van der Waals surface area (Å²) in [4.78, 5) is 42.3. The van der Waals surface area contributed by atoms with Crippen molar-refractivity contribution in [2.24, 2.45) is 5.73 Å². The number of carbonyl (C=O) groups is 3. The lowest BCUT2D eigenvalue weighted by atomic mass is 10.0. The van der Waals surface area contributed by atoms with Gasteiger partial charge in [-0.05, 0) is 25.1 Å². The average Bonchev–Trinajstić information content (AvgIpc) is 3.45. The first-order valence-corrected chi connectivity index (χ1v) is 11.4. The van der Waals surface area contributed by atoms with E-state index < -0.39 is 35.5 Å². The standard InChI is InChI=1S/C24H22ClF2N5O4/c1-13-19(20(30-36-13)17-4-2-3-5-18(17)25)24(35)32-9-8-31(22(32)21(33)29-7-6-28)23(34)14-10-15(26)12-16(27)11-14/h2-5,10-12,22H,6-9,28H2,1H3,(H,29,33). The van der Waals surface area contributed by atoms with E-state index in [9.17, 15) is 23.2 Å². The molecule has 3 aromatic rings. The van der Waals surface area contributed by atoms with Crippen LogP contribution in [0.4, 0.5) is 8.78 Å². The number of carbonyl (C=O) groups excluding carboxylic acids is 3. The van der Waals surface area contributed by atoms with Gasteiger partial charge in [0.25, 0.3) is 17.7 Å². The number of nitrogens with two attached hydrogens (primary N) is 1. The lowest BCUT2D eigenvalue weighted by molar-refractivity contribution is -0.128. The molecule has 3 N–H and O–H groups in total. The van der Waals surface area contributed by atoms with Crippen LogP contribution in [-0.4, -0.2) is 65.0 Å². The number of nitrogens with zero attached hydrogens (tertiary/aromatic N) is 3. The summed E-state index contributed by atoms with van der Waals surface area (Å²) in [5.41, 5.74) is 5.90. The molecular weight excluding hydrogens is 496 g/mol. The first-order valence-electron chi connectivity index (χ1n) is 11.0. The Kier molecular flexibility index (Phi) is 7.32. The van der Waals surface area contributed by atoms with Crippen molar-refractivity contribution >= 4 is 29.3 Å². The molecule has 1 fully saturated rings. The van der Waals surface area contributed by atoms with Crippen LogP contribution in [0.3, 0.4) is 0 Å². The van der Waals surface area contributed by atoms with E-state index in [1.54, 1.807) is 31.2 Å². The molecule has 1 unspecified atom stereocenters. The molecule has 12 heteroatoms. The predicted molar refractivity (Wildman–Crippen MR) is 126 cm³/mol. The van der Waals surface area contributed by atoms with Crippen molar-refractivity contribution in [3.63, 3.8) is 0 Å². The topological polar surface area (TPSA) is 122 Å². The number of hydrogen-bond donors (Lipinski definition) is 2. The molecule has 9 nitrogen and oxygen atoms in total. The van der Waals surface area contributed by atoms with Crippen LogP contribution in [-0.2, 0) is 4.79 Å². The summed E-state index contributed by atoms with van der Waals surface area (Å²) in [5.74, 6) is -3.82. The monoisotopic (exact) mass is 517 g/mol. The van der Waals surface area contributed by atoms with E-state index in [4.69, 9.17) is 21.9 Å². The Hall–Kier alpha value is -3.83. The number of aryl methyl sites for hydroxylation is 1. The number of aromatic nitrogens is 1. The summed E-state index contributed by atoms with van der Waals surface area (Å²) in [6.07, 6.45) is -1.41. The Morgan fingerprint density at radius 3 is 2.39 bits per heavy atom. The molecule has 0 bridgehead atoms. The van der Waals surface area contributed by atoms with Crippen LogP contribution in [0.15, 0.2) is 47.0 Å². The summed E-state index contributed by atoms with van der Waals surface area (Å²) >= 11 is 6.30. The highest BCUT2D eigenvalue weighted by atomic mass is 35.5. The zero-order chi connectivity index (χ0) is 26.0. The van der Waals surface area contributed by atoms with Gasteiger partial charge in [0.05, 0.1) is 5.02 Å². The molecule has 3 amide bonds. The summed E-state index contributed by atoms with van der Waals surface area (Å²) < 4.78 is 32.8. The van der Waals surface area contributed by atoms with Gasteiger partial charge in [0, 0.05) is 43.4 Å². The van der Waals surface area contributed by atoms with Gasteiger partial charge in [-0.3, -0.25) is 14.4 Å². The second kappa shape index (κ2) is 10.4. The van der Waals surface area contributed by atoms with Crippen LogP contribution >= 0.6 is 11.6 Å². The van der Waals surface area contributed by atoms with Crippen molar-refractivity contribution < 1.29 is 27.7 Å². The smallest absolute Gasteiger partial charge is 0.263 e. The van der Waals surface area contributed by atoms with Crippen LogP contribution in [0, 0.1) is 18.6 Å². The molecular formula is C24H22ClF2N5O4. The maximum absolute atomic E-state index is 13.8. The van der Waals surface area contributed by atoms with Crippen molar-refractivity contribution in [3.8, 4) is 11.3 Å². The third-order valence-electron chi connectivity index (χ3n) is 5.69. The maximum Gasteiger partial charge on any atom is 0.263 e. The molecule has 1 aliphatic rings. The Balaban J connectivity index is 1.72. The summed E-state index contributed by atoms with van der Waals surface area (Å²) in [6, 6.07) is 9.10. The van der Waals surface area contributed by atoms with Gasteiger partial charge in [-0.15, -0.1) is 0 Å². The van der Waals surface area contributed by atoms with E-state index in [0.717, 1.165) is 17.0 Å². The second-order valence-corrected chi connectivity index (χ2v) is 8.46. The van der Waals surface area contributed by atoms with E-state index in [2.05, 4.69) is 10.5 Å². The van der Waals surface area contributed by atoms with Gasteiger partial charge in [-0.2, -0.15) is 0 Å². The van der Waals surface area contributed by atoms with Gasteiger partial charge in [0.15, 0.2) is 6.17 Å². The molecule has 0 aliphatic carbocycles. The van der Waals surface area contributed by atoms with Crippen LogP contribution in [0.2, 0.25) is 5.02 Å². The van der Waals surface area contributed by atoms with Crippen LogP contribution in [0.5, 0.6) is 0 Å². The molecule has 2 aromatic carbocycles. The fraction of sp³-hybridized carbons (Fsp3) is 0.250. The third-order valence-corrected chi connectivity index (χ3v) is 6.02. The number of halogens is 3. The summed E-state index contributed by atoms with van der Waals surface area (Å²) in [7, 11) is 0. The molecule has 1 aromatic heterocycles. The molecule has 0 radical (unpaired) electrons. The van der Waals surface area contributed by atoms with Crippen molar-refractivity contribution in [2.45, 2.75) is 13.1 Å². The van der Waals surface area contributed by atoms with E-state index in [0.29, 0.717) is 16.7 Å². The SMILES string of the molecule is Cc1onc(-c2ccccc2Cl)c1C(=O)N1CCN(C(=O)c2cc(F)cc(F)c2)C1C(=O)NCCN. The highest BCUT2D eigenvalue weighted by molar-refractivity contribution is 6.33. The molecule has 1 atom stereocenters. The van der Waals surface area contributed by atoms with Crippen molar-refractivity contribution in [1.29, 1.82) is 0 Å². The second-order valence-electron chi connectivity index (χ2n) is 8.05. The Labute approximate surface area is 209 Å². The van der Waals surface area contributed by atoms with Gasteiger partial charge in [0.1, 0.15) is 28.7 Å². The minimum atomic E-state index is -1.41. The number of nitrogens with one attached hydrogen (secondary N) is 1. The fourth-order valence-corrected chi connectivity index (χ4v) is 4.30. The highest BCUT2D eigenvalue weighted by Gasteiger charge is 2.44. The first-order chi connectivity index (χ1) is 17.2. The Morgan fingerprint density at radius 2 is 1.75 bits per heavy atom. The van der Waals surface area contributed by atoms with E-state index in [-0.39, 0.29) is 48.8 Å². The maximum atomic E-state index is 13.8. The van der Waals surface area contributed by atoms with Crippen molar-refractivity contribution in [2.75, 3.05) is 26.2 Å². The number of amides is 3. The number of hydrogen-bond acceptors (Lipinski definition) is 6. The van der Waals surface area contributed by atoms with Crippen LogP contribution < -0.4 is 11.1 Å². The lowest BCUT2D eigenvalue weighted by Crippen LogP contribution is -2.54. The lowest BCUT2D eigenvalue weighted by Gasteiger charge is -2.29. The summed E-state index contributed by atoms with van der Waals surface area (Å²) in [5, 5.41) is 6.90. The van der Waals surface area contributed by atoms with Gasteiger partial charge in [0.2, 0.25) is 0 Å². The largest absolute Gasteiger partial charge is 0.360 e. The number of rotatable bonds is 6. The molecule has 2 heterocycles. The quantitative estimate of drug-likeness (QED) is 0.518. The van der Waals surface area contributed by atoms with Crippen LogP contribution in [0.25, 0.3) is 11.3 Å². The molecule has 0 spiro atoms. The number of benzene rings is 2. The zero-order valence-electron chi connectivity index (χ0n) is 19.1. The molecule has 188 valence electrons. The Bertz CT molecular complexity index is 1310. The van der Waals surface area contributed by atoms with Gasteiger partial charge in [-0.25, -0.2) is 8.78 Å². The first kappa shape index (κ1) is 25.3. The average molecular weight is 518 g/mol. The summed E-state index contributed by atoms with van der Waals surface area (Å²) in [6.45, 7) is 1.66. The molecule has 4 rings (SSSR count). The van der Waals surface area contributed by atoms with E-state index >= 15 is 0 Å². The molecule has 36 heavy (non-hydrogen) atoms. The van der Waals surface area contributed by atoms with E-state index in [1.165, 1.54) is 4.90 Å². The van der Waals surface area contributed by atoms with Crippen LogP contribution in [0.1, 0.15) is 26.5 Å². The Morgan fingerprint density at radius 1 is 1.11 bits per heavy atom. The van der Waals surface area contributed by atoms with Crippen molar-refractivity contribution in [3.05, 3.63) is 76.0 Å².